The number of carbonyl (C=O) groups is 1. The molecule has 0 spiro atoms. The van der Waals surface area contributed by atoms with Crippen LogP contribution in [0.5, 0.6) is 11.5 Å². The van der Waals surface area contributed by atoms with Gasteiger partial charge in [0.2, 0.25) is 0 Å². The summed E-state index contributed by atoms with van der Waals surface area (Å²) in [5.41, 5.74) is 3.83. The Morgan fingerprint density at radius 3 is 2.71 bits per heavy atom. The molecule has 0 bridgehead atoms. The second kappa shape index (κ2) is 6.95. The molecule has 1 heterocycles. The summed E-state index contributed by atoms with van der Waals surface area (Å²) in [6.45, 7) is 8.23. The lowest BCUT2D eigenvalue weighted by Gasteiger charge is -2.26. The van der Waals surface area contributed by atoms with Crippen LogP contribution in [-0.4, -0.2) is 30.6 Å². The van der Waals surface area contributed by atoms with Gasteiger partial charge in [-0.15, -0.1) is 0 Å². The third-order valence-electron chi connectivity index (χ3n) is 4.30. The number of carbonyl (C=O) groups excluding carboxylic acids is 1. The van der Waals surface area contributed by atoms with Gasteiger partial charge in [-0.1, -0.05) is 29.8 Å². The van der Waals surface area contributed by atoms with Gasteiger partial charge in [-0.25, -0.2) is 0 Å². The minimum atomic E-state index is 0.0491. The molecule has 0 atom stereocenters. The van der Waals surface area contributed by atoms with Gasteiger partial charge in [-0.2, -0.15) is 0 Å². The highest BCUT2D eigenvalue weighted by atomic mass is 16.6. The predicted octanol–water partition coefficient (Wildman–Crippen LogP) is 3.74. The second-order valence-electron chi connectivity index (χ2n) is 6.08. The summed E-state index contributed by atoms with van der Waals surface area (Å²) in [6, 6.07) is 11.8. The molecule has 2 aromatic rings. The maximum absolute atomic E-state index is 13.0. The highest BCUT2D eigenvalue weighted by Gasteiger charge is 2.21. The molecule has 1 amide bonds. The summed E-state index contributed by atoms with van der Waals surface area (Å²) in [7, 11) is 0. The summed E-state index contributed by atoms with van der Waals surface area (Å²) in [5.74, 6) is 1.57. The third-order valence-corrected chi connectivity index (χ3v) is 4.30. The van der Waals surface area contributed by atoms with Crippen molar-refractivity contribution in [1.29, 1.82) is 0 Å². The molecule has 0 N–H and O–H groups in total. The van der Waals surface area contributed by atoms with Gasteiger partial charge in [0.15, 0.2) is 11.5 Å². The van der Waals surface area contributed by atoms with Crippen molar-refractivity contribution in [3.63, 3.8) is 0 Å². The molecule has 0 saturated carbocycles. The molecule has 0 unspecified atom stereocenters. The second-order valence-corrected chi connectivity index (χ2v) is 6.08. The van der Waals surface area contributed by atoms with Crippen LogP contribution in [0.1, 0.15) is 34.0 Å². The van der Waals surface area contributed by atoms with Gasteiger partial charge in [-0.05, 0) is 38.5 Å². The van der Waals surface area contributed by atoms with E-state index in [9.17, 15) is 4.79 Å². The van der Waals surface area contributed by atoms with Crippen LogP contribution in [0.3, 0.4) is 0 Å². The maximum Gasteiger partial charge on any atom is 0.254 e. The Labute approximate surface area is 143 Å². The van der Waals surface area contributed by atoms with E-state index in [-0.39, 0.29) is 5.91 Å². The van der Waals surface area contributed by atoms with Crippen LogP contribution < -0.4 is 9.47 Å². The Morgan fingerprint density at radius 2 is 1.92 bits per heavy atom. The smallest absolute Gasteiger partial charge is 0.254 e. The number of ether oxygens (including phenoxy) is 2. The molecule has 1 aliphatic heterocycles. The first-order valence-electron chi connectivity index (χ1n) is 8.34. The molecule has 4 nitrogen and oxygen atoms in total. The van der Waals surface area contributed by atoms with E-state index >= 15 is 0 Å². The van der Waals surface area contributed by atoms with Gasteiger partial charge in [-0.3, -0.25) is 4.79 Å². The molecule has 3 rings (SSSR count). The first-order valence-corrected chi connectivity index (χ1v) is 8.34. The SMILES string of the molecule is CCN(Cc1cccc2c1OCCO2)C(=O)c1cc(C)ccc1C. The maximum atomic E-state index is 13.0. The standard InChI is InChI=1S/C20H23NO3/c1-4-21(20(22)17-12-14(2)8-9-15(17)3)13-16-6-5-7-18-19(16)24-11-10-23-18/h5-9,12H,4,10-11,13H2,1-3H3. The van der Waals surface area contributed by atoms with Crippen molar-refractivity contribution in [2.24, 2.45) is 0 Å². The summed E-state index contributed by atoms with van der Waals surface area (Å²) in [5, 5.41) is 0. The lowest BCUT2D eigenvalue weighted by Crippen LogP contribution is -2.31. The van der Waals surface area contributed by atoms with Gasteiger partial charge in [0.25, 0.3) is 5.91 Å². The summed E-state index contributed by atoms with van der Waals surface area (Å²) < 4.78 is 11.4. The van der Waals surface area contributed by atoms with E-state index in [1.165, 1.54) is 0 Å². The van der Waals surface area contributed by atoms with Crippen LogP contribution in [0.25, 0.3) is 0 Å². The van der Waals surface area contributed by atoms with Crippen LogP contribution in [-0.2, 0) is 6.54 Å². The molecule has 0 saturated heterocycles. The predicted molar refractivity (Wildman–Crippen MR) is 93.8 cm³/mol. The molecule has 0 fully saturated rings. The first-order chi connectivity index (χ1) is 11.6. The van der Waals surface area contributed by atoms with Gasteiger partial charge < -0.3 is 14.4 Å². The number of aryl methyl sites for hydroxylation is 2. The quantitative estimate of drug-likeness (QED) is 0.859. The average Bonchev–Trinajstić information content (AvgIpc) is 2.61. The van der Waals surface area contributed by atoms with E-state index in [1.807, 2.05) is 62.1 Å². The molecule has 0 aromatic heterocycles. The van der Waals surface area contributed by atoms with E-state index in [0.717, 1.165) is 33.8 Å². The number of para-hydroxylation sites is 1. The lowest BCUT2D eigenvalue weighted by atomic mass is 10.0. The van der Waals surface area contributed by atoms with Crippen LogP contribution in [0.4, 0.5) is 0 Å². The van der Waals surface area contributed by atoms with E-state index in [2.05, 4.69) is 0 Å². The van der Waals surface area contributed by atoms with Crippen molar-refractivity contribution >= 4 is 5.91 Å². The van der Waals surface area contributed by atoms with Gasteiger partial charge in [0.05, 0.1) is 0 Å². The number of nitrogens with zero attached hydrogens (tertiary/aromatic N) is 1. The van der Waals surface area contributed by atoms with Crippen molar-refractivity contribution in [1.82, 2.24) is 4.90 Å². The fourth-order valence-corrected chi connectivity index (χ4v) is 2.93. The summed E-state index contributed by atoms with van der Waals surface area (Å²) in [6.07, 6.45) is 0. The number of amides is 1. The molecule has 0 aliphatic carbocycles. The number of benzene rings is 2. The summed E-state index contributed by atoms with van der Waals surface area (Å²) >= 11 is 0. The lowest BCUT2D eigenvalue weighted by molar-refractivity contribution is 0.0748. The molecule has 126 valence electrons. The van der Waals surface area contributed by atoms with Crippen LogP contribution in [0, 0.1) is 13.8 Å². The molecular formula is C20H23NO3. The fourth-order valence-electron chi connectivity index (χ4n) is 2.93. The largest absolute Gasteiger partial charge is 0.486 e. The zero-order valence-electron chi connectivity index (χ0n) is 14.5. The number of rotatable bonds is 4. The van der Waals surface area contributed by atoms with E-state index in [0.29, 0.717) is 26.3 Å². The van der Waals surface area contributed by atoms with Crippen molar-refractivity contribution in [2.75, 3.05) is 19.8 Å². The van der Waals surface area contributed by atoms with Crippen molar-refractivity contribution in [3.05, 3.63) is 58.7 Å². The molecule has 1 aliphatic rings. The Hall–Kier alpha value is -2.49. The van der Waals surface area contributed by atoms with E-state index in [4.69, 9.17) is 9.47 Å². The Morgan fingerprint density at radius 1 is 1.12 bits per heavy atom. The third kappa shape index (κ3) is 3.23. The highest BCUT2D eigenvalue weighted by molar-refractivity contribution is 5.95. The number of fused-ring (bicyclic) bond motifs is 1. The molecule has 24 heavy (non-hydrogen) atoms. The monoisotopic (exact) mass is 325 g/mol. The molecule has 0 radical (unpaired) electrons. The zero-order valence-corrected chi connectivity index (χ0v) is 14.5. The van der Waals surface area contributed by atoms with Gasteiger partial charge in [0, 0.05) is 24.2 Å². The van der Waals surface area contributed by atoms with Gasteiger partial charge in [0.1, 0.15) is 13.2 Å². The van der Waals surface area contributed by atoms with E-state index in [1.54, 1.807) is 0 Å². The fraction of sp³-hybridized carbons (Fsp3) is 0.350. The average molecular weight is 325 g/mol. The Bertz CT molecular complexity index is 755. The van der Waals surface area contributed by atoms with E-state index < -0.39 is 0 Å². The summed E-state index contributed by atoms with van der Waals surface area (Å²) in [4.78, 5) is 14.8. The topological polar surface area (TPSA) is 38.8 Å². The van der Waals surface area contributed by atoms with Gasteiger partial charge >= 0.3 is 0 Å². The van der Waals surface area contributed by atoms with Crippen LogP contribution in [0.2, 0.25) is 0 Å². The number of hydrogen-bond acceptors (Lipinski definition) is 3. The van der Waals surface area contributed by atoms with Crippen molar-refractivity contribution in [2.45, 2.75) is 27.3 Å². The normalized spacial score (nSPS) is 12.8. The molecular weight excluding hydrogens is 302 g/mol. The van der Waals surface area contributed by atoms with Crippen LogP contribution >= 0.6 is 0 Å². The molecule has 2 aromatic carbocycles. The van der Waals surface area contributed by atoms with Crippen molar-refractivity contribution in [3.8, 4) is 11.5 Å². The minimum Gasteiger partial charge on any atom is -0.486 e. The molecule has 4 heteroatoms. The highest BCUT2D eigenvalue weighted by Crippen LogP contribution is 2.34. The number of hydrogen-bond donors (Lipinski definition) is 0. The Balaban J connectivity index is 1.87. The van der Waals surface area contributed by atoms with Crippen molar-refractivity contribution < 1.29 is 14.3 Å². The first kappa shape index (κ1) is 16.4. The Kier molecular flexibility index (Phi) is 4.74. The minimum absolute atomic E-state index is 0.0491. The van der Waals surface area contributed by atoms with Crippen LogP contribution in [0.15, 0.2) is 36.4 Å². The zero-order chi connectivity index (χ0) is 17.1.